The van der Waals surface area contributed by atoms with Crippen LogP contribution in [0.2, 0.25) is 0 Å². The Morgan fingerprint density at radius 2 is 2.11 bits per heavy atom. The first kappa shape index (κ1) is 14.3. The maximum atomic E-state index is 12.4. The van der Waals surface area contributed by atoms with E-state index >= 15 is 0 Å². The van der Waals surface area contributed by atoms with E-state index in [4.69, 9.17) is 5.73 Å². The number of nitrogens with two attached hydrogens (primary N) is 1. The predicted octanol–water partition coefficient (Wildman–Crippen LogP) is 1.82. The van der Waals surface area contributed by atoms with Crippen LogP contribution in [-0.2, 0) is 16.4 Å². The van der Waals surface area contributed by atoms with E-state index in [1.54, 1.807) is 4.31 Å². The third-order valence-electron chi connectivity index (χ3n) is 3.50. The van der Waals surface area contributed by atoms with E-state index in [0.717, 1.165) is 30.5 Å². The molecule has 1 aliphatic rings. The molecule has 0 unspecified atom stereocenters. The fraction of sp³-hybridized carbons (Fsp3) is 0.571. The second-order valence-corrected chi connectivity index (χ2v) is 7.13. The lowest BCUT2D eigenvalue weighted by Gasteiger charge is -2.30. The molecule has 1 aliphatic heterocycles. The topological polar surface area (TPSA) is 63.4 Å². The van der Waals surface area contributed by atoms with Gasteiger partial charge in [-0.25, -0.2) is 8.42 Å². The average molecular weight is 282 g/mol. The van der Waals surface area contributed by atoms with Crippen molar-refractivity contribution in [3.63, 3.8) is 0 Å². The molecule has 0 fully saturated rings. The van der Waals surface area contributed by atoms with Crippen molar-refractivity contribution in [1.29, 1.82) is 0 Å². The fourth-order valence-corrected chi connectivity index (χ4v) is 4.19. The highest BCUT2D eigenvalue weighted by Gasteiger charge is 2.26. The average Bonchev–Trinajstić information content (AvgIpc) is 2.37. The Balaban J connectivity index is 2.23. The van der Waals surface area contributed by atoms with Gasteiger partial charge in [0.25, 0.3) is 0 Å². The highest BCUT2D eigenvalue weighted by atomic mass is 32.2. The molecule has 0 amide bonds. The Labute approximate surface area is 115 Å². The Morgan fingerprint density at radius 1 is 1.32 bits per heavy atom. The van der Waals surface area contributed by atoms with Gasteiger partial charge in [-0.3, -0.25) is 4.31 Å². The lowest BCUT2D eigenvalue weighted by molar-refractivity contribution is 0.582. The minimum absolute atomic E-state index is 0.192. The third kappa shape index (κ3) is 3.28. The molecule has 0 bridgehead atoms. The second kappa shape index (κ2) is 5.92. The van der Waals surface area contributed by atoms with Gasteiger partial charge in [-0.1, -0.05) is 17.7 Å². The number of fused-ring (bicyclic) bond motifs is 1. The van der Waals surface area contributed by atoms with Gasteiger partial charge in [0, 0.05) is 6.54 Å². The lowest BCUT2D eigenvalue weighted by Crippen LogP contribution is -2.37. The Hall–Kier alpha value is -1.07. The van der Waals surface area contributed by atoms with Crippen molar-refractivity contribution in [3.05, 3.63) is 29.3 Å². The molecule has 2 N–H and O–H groups in total. The van der Waals surface area contributed by atoms with E-state index in [0.29, 0.717) is 19.5 Å². The summed E-state index contributed by atoms with van der Waals surface area (Å²) in [7, 11) is -3.20. The Kier molecular flexibility index (Phi) is 4.47. The zero-order valence-electron chi connectivity index (χ0n) is 11.4. The molecule has 0 saturated heterocycles. The van der Waals surface area contributed by atoms with Gasteiger partial charge in [-0.05, 0) is 50.8 Å². The van der Waals surface area contributed by atoms with Crippen LogP contribution in [0.3, 0.4) is 0 Å². The molecule has 0 radical (unpaired) electrons. The van der Waals surface area contributed by atoms with E-state index in [2.05, 4.69) is 6.07 Å². The largest absolute Gasteiger partial charge is 0.330 e. The molecule has 106 valence electrons. The van der Waals surface area contributed by atoms with Gasteiger partial charge in [0.15, 0.2) is 0 Å². The van der Waals surface area contributed by atoms with Crippen molar-refractivity contribution in [1.82, 2.24) is 0 Å². The quantitative estimate of drug-likeness (QED) is 0.838. The van der Waals surface area contributed by atoms with Gasteiger partial charge in [-0.15, -0.1) is 0 Å². The summed E-state index contributed by atoms with van der Waals surface area (Å²) in [5.41, 5.74) is 8.61. The highest BCUT2D eigenvalue weighted by molar-refractivity contribution is 7.92. The summed E-state index contributed by atoms with van der Waals surface area (Å²) < 4.78 is 26.4. The monoisotopic (exact) mass is 282 g/mol. The first-order chi connectivity index (χ1) is 9.04. The smallest absolute Gasteiger partial charge is 0.235 e. The number of benzene rings is 1. The Bertz CT molecular complexity index is 540. The van der Waals surface area contributed by atoms with Gasteiger partial charge >= 0.3 is 0 Å². The molecule has 1 aromatic carbocycles. The van der Waals surface area contributed by atoms with E-state index in [1.165, 1.54) is 5.56 Å². The molecule has 2 rings (SSSR count). The first-order valence-corrected chi connectivity index (χ1v) is 8.45. The van der Waals surface area contributed by atoms with Crippen molar-refractivity contribution < 1.29 is 8.42 Å². The summed E-state index contributed by atoms with van der Waals surface area (Å²) in [6.07, 6.45) is 3.25. The van der Waals surface area contributed by atoms with Crippen molar-refractivity contribution in [2.24, 2.45) is 5.73 Å². The predicted molar refractivity (Wildman–Crippen MR) is 78.9 cm³/mol. The van der Waals surface area contributed by atoms with Crippen LogP contribution in [0.15, 0.2) is 18.2 Å². The van der Waals surface area contributed by atoms with Gasteiger partial charge in [-0.2, -0.15) is 0 Å². The minimum atomic E-state index is -3.20. The molecule has 5 heteroatoms. The second-order valence-electron chi connectivity index (χ2n) is 5.12. The number of aryl methyl sites for hydroxylation is 2. The fourth-order valence-electron chi connectivity index (χ4n) is 2.52. The number of unbranched alkanes of at least 4 members (excludes halogenated alkanes) is 1. The molecule has 0 aliphatic carbocycles. The van der Waals surface area contributed by atoms with E-state index in [1.807, 2.05) is 19.1 Å². The number of rotatable bonds is 5. The molecule has 4 nitrogen and oxygen atoms in total. The summed E-state index contributed by atoms with van der Waals surface area (Å²) in [5, 5.41) is 0. The number of nitrogens with zero attached hydrogens (tertiary/aromatic N) is 1. The van der Waals surface area contributed by atoms with Gasteiger partial charge in [0.2, 0.25) is 10.0 Å². The van der Waals surface area contributed by atoms with Gasteiger partial charge in [0.1, 0.15) is 0 Å². The summed E-state index contributed by atoms with van der Waals surface area (Å²) >= 11 is 0. The molecule has 1 aromatic rings. The third-order valence-corrected chi connectivity index (χ3v) is 5.36. The van der Waals surface area contributed by atoms with Gasteiger partial charge in [0.05, 0.1) is 11.4 Å². The van der Waals surface area contributed by atoms with Crippen molar-refractivity contribution in [2.75, 3.05) is 23.1 Å². The number of hydrogen-bond acceptors (Lipinski definition) is 3. The maximum absolute atomic E-state index is 12.4. The lowest BCUT2D eigenvalue weighted by atomic mass is 10.0. The molecule has 0 atom stereocenters. The molecular weight excluding hydrogens is 260 g/mol. The van der Waals surface area contributed by atoms with Crippen LogP contribution in [0.4, 0.5) is 5.69 Å². The highest BCUT2D eigenvalue weighted by Crippen LogP contribution is 2.30. The summed E-state index contributed by atoms with van der Waals surface area (Å²) in [6.45, 7) is 3.18. The number of anilines is 1. The summed E-state index contributed by atoms with van der Waals surface area (Å²) in [4.78, 5) is 0. The number of hydrogen-bond donors (Lipinski definition) is 1. The zero-order valence-corrected chi connectivity index (χ0v) is 12.2. The van der Waals surface area contributed by atoms with Crippen molar-refractivity contribution in [3.8, 4) is 0 Å². The minimum Gasteiger partial charge on any atom is -0.330 e. The van der Waals surface area contributed by atoms with Crippen LogP contribution < -0.4 is 10.0 Å². The van der Waals surface area contributed by atoms with Crippen molar-refractivity contribution in [2.45, 2.75) is 32.6 Å². The summed E-state index contributed by atoms with van der Waals surface area (Å²) in [5.74, 6) is 0.192. The zero-order chi connectivity index (χ0) is 13.9. The normalized spacial score (nSPS) is 15.4. The van der Waals surface area contributed by atoms with Crippen LogP contribution in [0.5, 0.6) is 0 Å². The maximum Gasteiger partial charge on any atom is 0.235 e. The number of sulfonamides is 1. The van der Waals surface area contributed by atoms with Crippen LogP contribution in [0.1, 0.15) is 30.4 Å². The van der Waals surface area contributed by atoms with Gasteiger partial charge < -0.3 is 5.73 Å². The van der Waals surface area contributed by atoms with Crippen LogP contribution in [0, 0.1) is 6.92 Å². The molecule has 0 spiro atoms. The van der Waals surface area contributed by atoms with E-state index in [-0.39, 0.29) is 5.75 Å². The van der Waals surface area contributed by atoms with Crippen LogP contribution in [-0.4, -0.2) is 27.3 Å². The molecule has 0 aromatic heterocycles. The van der Waals surface area contributed by atoms with E-state index < -0.39 is 10.0 Å². The molecular formula is C14H22N2O2S. The molecule has 19 heavy (non-hydrogen) atoms. The molecule has 0 saturated carbocycles. The van der Waals surface area contributed by atoms with Crippen LogP contribution >= 0.6 is 0 Å². The molecule has 1 heterocycles. The first-order valence-electron chi connectivity index (χ1n) is 6.84. The van der Waals surface area contributed by atoms with E-state index in [9.17, 15) is 8.42 Å². The summed E-state index contributed by atoms with van der Waals surface area (Å²) in [6, 6.07) is 6.01. The Morgan fingerprint density at radius 3 is 2.84 bits per heavy atom. The standard InChI is InChI=1S/C14H22N2O2S/c1-12-6-7-14-13(11-12)5-4-9-16(14)19(17,18)10-3-2-8-15/h6-7,11H,2-5,8-10,15H2,1H3. The van der Waals surface area contributed by atoms with Crippen LogP contribution in [0.25, 0.3) is 0 Å². The SMILES string of the molecule is Cc1ccc2c(c1)CCCN2S(=O)(=O)CCCCN. The van der Waals surface area contributed by atoms with Crippen molar-refractivity contribution >= 4 is 15.7 Å².